The lowest BCUT2D eigenvalue weighted by molar-refractivity contribution is 0.458. The van der Waals surface area contributed by atoms with Gasteiger partial charge in [0.15, 0.2) is 0 Å². The van der Waals surface area contributed by atoms with Gasteiger partial charge in [-0.15, -0.1) is 15.0 Å². The molecule has 4 aromatic rings. The van der Waals surface area contributed by atoms with Gasteiger partial charge in [0.05, 0.1) is 0 Å². The predicted molar refractivity (Wildman–Crippen MR) is 99.8 cm³/mol. The number of fused-ring (bicyclic) bond motifs is 1. The van der Waals surface area contributed by atoms with Gasteiger partial charge in [-0.25, -0.2) is 0 Å². The van der Waals surface area contributed by atoms with Crippen molar-refractivity contribution in [1.29, 1.82) is 0 Å². The SMILES string of the molecule is O=S(=O)(Oc1ccc(-n2nc3ccc(Cl)cc3n2)c(O)c1)c1ccccc1. The number of hydrogen-bond acceptors (Lipinski definition) is 6. The second-order valence-electron chi connectivity index (χ2n) is 5.62. The minimum absolute atomic E-state index is 0.0189. The van der Waals surface area contributed by atoms with Crippen molar-refractivity contribution in [2.45, 2.75) is 4.90 Å². The highest BCUT2D eigenvalue weighted by atomic mass is 35.5. The van der Waals surface area contributed by atoms with E-state index in [1.165, 1.54) is 35.1 Å². The fourth-order valence-corrected chi connectivity index (χ4v) is 3.59. The van der Waals surface area contributed by atoms with Crippen LogP contribution in [0.4, 0.5) is 0 Å². The van der Waals surface area contributed by atoms with Crippen molar-refractivity contribution in [1.82, 2.24) is 15.0 Å². The largest absolute Gasteiger partial charge is 0.505 e. The van der Waals surface area contributed by atoms with Crippen LogP contribution in [0, 0.1) is 0 Å². The summed E-state index contributed by atoms with van der Waals surface area (Å²) in [5.41, 5.74) is 1.44. The number of nitrogens with zero attached hydrogens (tertiary/aromatic N) is 3. The topological polar surface area (TPSA) is 94.3 Å². The summed E-state index contributed by atoms with van der Waals surface area (Å²) in [5.74, 6) is -0.262. The van der Waals surface area contributed by atoms with Gasteiger partial charge in [0.25, 0.3) is 0 Å². The molecule has 7 nitrogen and oxygen atoms in total. The third-order valence-electron chi connectivity index (χ3n) is 3.74. The molecule has 0 amide bonds. The van der Waals surface area contributed by atoms with E-state index in [0.29, 0.717) is 16.1 Å². The van der Waals surface area contributed by atoms with Crippen LogP contribution in [0.1, 0.15) is 0 Å². The first kappa shape index (κ1) is 17.3. The Labute approximate surface area is 159 Å². The fourth-order valence-electron chi connectivity index (χ4n) is 2.48. The Hall–Kier alpha value is -3.10. The molecule has 0 unspecified atom stereocenters. The summed E-state index contributed by atoms with van der Waals surface area (Å²) >= 11 is 5.94. The number of aromatic hydroxyl groups is 1. The van der Waals surface area contributed by atoms with Crippen LogP contribution in [0.5, 0.6) is 11.5 Å². The quantitative estimate of drug-likeness (QED) is 0.525. The minimum Gasteiger partial charge on any atom is -0.505 e. The van der Waals surface area contributed by atoms with E-state index in [0.717, 1.165) is 0 Å². The van der Waals surface area contributed by atoms with Crippen molar-refractivity contribution in [2.24, 2.45) is 0 Å². The zero-order valence-corrected chi connectivity index (χ0v) is 15.2. The Morgan fingerprint density at radius 2 is 1.67 bits per heavy atom. The van der Waals surface area contributed by atoms with E-state index >= 15 is 0 Å². The summed E-state index contributed by atoms with van der Waals surface area (Å²) in [6.07, 6.45) is 0. The number of hydrogen-bond donors (Lipinski definition) is 1. The highest BCUT2D eigenvalue weighted by Crippen LogP contribution is 2.29. The molecule has 0 radical (unpaired) electrons. The Morgan fingerprint density at radius 3 is 2.41 bits per heavy atom. The molecule has 0 aliphatic heterocycles. The maximum absolute atomic E-state index is 12.3. The molecule has 0 spiro atoms. The summed E-state index contributed by atoms with van der Waals surface area (Å²) in [6.45, 7) is 0. The summed E-state index contributed by atoms with van der Waals surface area (Å²) in [7, 11) is -4.00. The van der Waals surface area contributed by atoms with Crippen LogP contribution in [-0.2, 0) is 10.1 Å². The summed E-state index contributed by atoms with van der Waals surface area (Å²) < 4.78 is 29.6. The third kappa shape index (κ3) is 3.44. The van der Waals surface area contributed by atoms with E-state index in [1.807, 2.05) is 0 Å². The van der Waals surface area contributed by atoms with Gasteiger partial charge in [0.2, 0.25) is 0 Å². The van der Waals surface area contributed by atoms with Crippen LogP contribution in [0.25, 0.3) is 16.7 Å². The van der Waals surface area contributed by atoms with Crippen LogP contribution < -0.4 is 4.18 Å². The van der Waals surface area contributed by atoms with Gasteiger partial charge in [-0.2, -0.15) is 8.42 Å². The molecule has 0 saturated carbocycles. The highest BCUT2D eigenvalue weighted by Gasteiger charge is 2.18. The van der Waals surface area contributed by atoms with E-state index in [4.69, 9.17) is 15.8 Å². The normalized spacial score (nSPS) is 11.6. The lowest BCUT2D eigenvalue weighted by atomic mass is 10.3. The molecule has 1 N–H and O–H groups in total. The average Bonchev–Trinajstić information content (AvgIpc) is 3.05. The molecule has 0 atom stereocenters. The summed E-state index contributed by atoms with van der Waals surface area (Å²) in [4.78, 5) is 1.26. The molecule has 3 aromatic carbocycles. The number of phenolic OH excluding ortho intramolecular Hbond substituents is 1. The van der Waals surface area contributed by atoms with Crippen LogP contribution >= 0.6 is 11.6 Å². The van der Waals surface area contributed by atoms with Gasteiger partial charge < -0.3 is 9.29 Å². The third-order valence-corrected chi connectivity index (χ3v) is 5.24. The second-order valence-corrected chi connectivity index (χ2v) is 7.61. The van der Waals surface area contributed by atoms with E-state index in [2.05, 4.69) is 10.2 Å². The van der Waals surface area contributed by atoms with Crippen LogP contribution in [-0.4, -0.2) is 28.5 Å². The molecule has 0 bridgehead atoms. The van der Waals surface area contributed by atoms with Gasteiger partial charge in [0, 0.05) is 11.1 Å². The fraction of sp³-hybridized carbons (Fsp3) is 0. The Kier molecular flexibility index (Phi) is 4.21. The Balaban J connectivity index is 1.66. The zero-order valence-electron chi connectivity index (χ0n) is 13.7. The van der Waals surface area contributed by atoms with Crippen LogP contribution in [0.3, 0.4) is 0 Å². The Bertz CT molecular complexity index is 1240. The second kappa shape index (κ2) is 6.57. The van der Waals surface area contributed by atoms with Gasteiger partial charge >= 0.3 is 10.1 Å². The summed E-state index contributed by atoms with van der Waals surface area (Å²) in [5, 5.41) is 19.3. The van der Waals surface area contributed by atoms with Gasteiger partial charge in [-0.05, 0) is 42.5 Å². The highest BCUT2D eigenvalue weighted by molar-refractivity contribution is 7.87. The Morgan fingerprint density at radius 1 is 0.926 bits per heavy atom. The maximum atomic E-state index is 12.3. The van der Waals surface area contributed by atoms with E-state index in [-0.39, 0.29) is 22.1 Å². The lowest BCUT2D eigenvalue weighted by Gasteiger charge is -2.09. The number of rotatable bonds is 4. The van der Waals surface area contributed by atoms with Gasteiger partial charge in [-0.1, -0.05) is 29.8 Å². The molecule has 27 heavy (non-hydrogen) atoms. The lowest BCUT2D eigenvalue weighted by Crippen LogP contribution is -2.09. The molecule has 0 fully saturated rings. The average molecular weight is 402 g/mol. The monoisotopic (exact) mass is 401 g/mol. The molecule has 136 valence electrons. The smallest absolute Gasteiger partial charge is 0.339 e. The standard InChI is InChI=1S/C18H12ClN3O4S/c19-12-6-8-15-16(10-12)21-22(20-15)17-9-7-13(11-18(17)23)26-27(24,25)14-4-2-1-3-5-14/h1-11,23H. The first-order valence-electron chi connectivity index (χ1n) is 7.78. The molecule has 0 saturated heterocycles. The minimum atomic E-state index is -4.00. The van der Waals surface area contributed by atoms with Gasteiger partial charge in [-0.3, -0.25) is 0 Å². The molecular formula is C18H12ClN3O4S. The van der Waals surface area contributed by atoms with Crippen LogP contribution in [0.2, 0.25) is 5.02 Å². The molecule has 4 rings (SSSR count). The van der Waals surface area contributed by atoms with Crippen molar-refractivity contribution in [3.8, 4) is 17.2 Å². The number of halogens is 1. The van der Waals surface area contributed by atoms with E-state index < -0.39 is 10.1 Å². The van der Waals surface area contributed by atoms with E-state index in [9.17, 15) is 13.5 Å². The first-order chi connectivity index (χ1) is 12.9. The van der Waals surface area contributed by atoms with Gasteiger partial charge in [0.1, 0.15) is 33.1 Å². The van der Waals surface area contributed by atoms with Crippen molar-refractivity contribution in [2.75, 3.05) is 0 Å². The number of aromatic nitrogens is 3. The number of benzene rings is 3. The maximum Gasteiger partial charge on any atom is 0.339 e. The van der Waals surface area contributed by atoms with Crippen molar-refractivity contribution in [3.05, 3.63) is 71.8 Å². The molecule has 0 aliphatic carbocycles. The predicted octanol–water partition coefficient (Wildman–Crippen LogP) is 3.55. The molecule has 1 heterocycles. The summed E-state index contributed by atoms with van der Waals surface area (Å²) in [6, 6.07) is 16.9. The zero-order chi connectivity index (χ0) is 19.0. The van der Waals surface area contributed by atoms with Crippen molar-refractivity contribution in [3.63, 3.8) is 0 Å². The van der Waals surface area contributed by atoms with Crippen LogP contribution in [0.15, 0.2) is 71.6 Å². The molecule has 9 heteroatoms. The first-order valence-corrected chi connectivity index (χ1v) is 9.56. The van der Waals surface area contributed by atoms with Crippen molar-refractivity contribution >= 4 is 32.8 Å². The molecule has 0 aliphatic rings. The molecule has 1 aromatic heterocycles. The van der Waals surface area contributed by atoms with E-state index in [1.54, 1.807) is 36.4 Å². The number of phenols is 1. The van der Waals surface area contributed by atoms with Crippen molar-refractivity contribution < 1.29 is 17.7 Å². The molecular weight excluding hydrogens is 390 g/mol.